The van der Waals surface area contributed by atoms with Crippen LogP contribution in [0.2, 0.25) is 0 Å². The molecule has 1 amide bonds. The number of aliphatic hydroxyl groups excluding tert-OH is 1. The van der Waals surface area contributed by atoms with Crippen LogP contribution in [-0.4, -0.2) is 43.6 Å². The second kappa shape index (κ2) is 9.71. The predicted molar refractivity (Wildman–Crippen MR) is 144 cm³/mol. The number of hydrogen-bond acceptors (Lipinski definition) is 8. The van der Waals surface area contributed by atoms with Gasteiger partial charge >= 0.3 is 5.91 Å². The van der Waals surface area contributed by atoms with Crippen LogP contribution in [0.1, 0.15) is 45.3 Å². The van der Waals surface area contributed by atoms with E-state index in [1.165, 1.54) is 11.8 Å². The van der Waals surface area contributed by atoms with E-state index in [4.69, 9.17) is 4.74 Å². The van der Waals surface area contributed by atoms with Crippen LogP contribution in [-0.2, 0) is 9.59 Å². The maximum atomic E-state index is 13.6. The number of ketones is 2. The molecule has 0 aliphatic carbocycles. The summed E-state index contributed by atoms with van der Waals surface area (Å²) in [6, 6.07) is 11.3. The smallest absolute Gasteiger partial charge is 0.301 e. The van der Waals surface area contributed by atoms with E-state index < -0.39 is 17.7 Å². The van der Waals surface area contributed by atoms with Crippen LogP contribution in [0.4, 0.5) is 5.13 Å². The van der Waals surface area contributed by atoms with Gasteiger partial charge < -0.3 is 9.84 Å². The summed E-state index contributed by atoms with van der Waals surface area (Å²) in [6.07, 6.45) is 3.33. The van der Waals surface area contributed by atoms with E-state index in [9.17, 15) is 19.5 Å². The molecule has 4 aromatic rings. The minimum atomic E-state index is -1.03. The standard InChI is InChI=1S/C28H24N4O5S/c1-5-13-37-19-10-8-9-18(14-19)23-21(24(34)22-15(2)29-20-11-6-7-12-31(20)22)25(35)27(36)32(23)28-30-16(3)26(38-28)17(4)33/h5-12,14,23,34H,1,13H2,2-4H3. The molecule has 1 atom stereocenters. The fourth-order valence-corrected chi connectivity index (χ4v) is 5.60. The average Bonchev–Trinajstić information content (AvgIpc) is 3.53. The van der Waals surface area contributed by atoms with Gasteiger partial charge in [0.15, 0.2) is 16.7 Å². The van der Waals surface area contributed by atoms with Crippen molar-refractivity contribution in [1.82, 2.24) is 14.4 Å². The number of rotatable bonds is 7. The van der Waals surface area contributed by atoms with Crippen LogP contribution in [0.5, 0.6) is 5.75 Å². The average molecular weight is 529 g/mol. The number of aliphatic hydroxyl groups is 1. The van der Waals surface area contributed by atoms with Gasteiger partial charge in [0.2, 0.25) is 0 Å². The van der Waals surface area contributed by atoms with Gasteiger partial charge in [-0.1, -0.05) is 42.2 Å². The number of imidazole rings is 1. The Balaban J connectivity index is 1.76. The van der Waals surface area contributed by atoms with Crippen LogP contribution in [0.25, 0.3) is 11.4 Å². The molecule has 1 aliphatic rings. The van der Waals surface area contributed by atoms with Crippen molar-refractivity contribution in [3.05, 3.63) is 94.4 Å². The number of nitrogens with zero attached hydrogens (tertiary/aromatic N) is 4. The fraction of sp³-hybridized carbons (Fsp3) is 0.179. The van der Waals surface area contributed by atoms with E-state index in [1.807, 2.05) is 6.07 Å². The monoisotopic (exact) mass is 528 g/mol. The molecule has 0 saturated carbocycles. The Bertz CT molecular complexity index is 1660. The van der Waals surface area contributed by atoms with Gasteiger partial charge in [-0.2, -0.15) is 0 Å². The summed E-state index contributed by atoms with van der Waals surface area (Å²) < 4.78 is 7.36. The number of thiazole rings is 1. The van der Waals surface area contributed by atoms with Gasteiger partial charge in [-0.15, -0.1) is 0 Å². The number of fused-ring (bicyclic) bond motifs is 1. The van der Waals surface area contributed by atoms with Gasteiger partial charge in [-0.05, 0) is 43.7 Å². The lowest BCUT2D eigenvalue weighted by atomic mass is 9.96. The molecule has 0 spiro atoms. The van der Waals surface area contributed by atoms with E-state index in [1.54, 1.807) is 66.9 Å². The summed E-state index contributed by atoms with van der Waals surface area (Å²) in [4.78, 5) is 49.8. The second-order valence-corrected chi connectivity index (χ2v) is 9.76. The van der Waals surface area contributed by atoms with Gasteiger partial charge in [0.05, 0.1) is 27.9 Å². The van der Waals surface area contributed by atoms with Gasteiger partial charge in [-0.3, -0.25) is 23.7 Å². The van der Waals surface area contributed by atoms with Gasteiger partial charge in [0, 0.05) is 13.1 Å². The van der Waals surface area contributed by atoms with E-state index in [2.05, 4.69) is 16.5 Å². The normalized spacial score (nSPS) is 16.8. The first kappa shape index (κ1) is 25.1. The molecule has 1 N–H and O–H groups in total. The summed E-state index contributed by atoms with van der Waals surface area (Å²) in [7, 11) is 0. The number of ether oxygens (including phenoxy) is 1. The lowest BCUT2D eigenvalue weighted by Crippen LogP contribution is -2.29. The molecule has 0 radical (unpaired) electrons. The molecule has 1 aliphatic heterocycles. The van der Waals surface area contributed by atoms with Crippen molar-refractivity contribution in [3.8, 4) is 5.75 Å². The third-order valence-corrected chi connectivity index (χ3v) is 7.48. The Morgan fingerprint density at radius 3 is 2.66 bits per heavy atom. The third kappa shape index (κ3) is 4.08. The van der Waals surface area contributed by atoms with Crippen molar-refractivity contribution in [2.24, 2.45) is 0 Å². The number of Topliss-reactive ketones (excluding diaryl/α,β-unsaturated/α-hetero) is 2. The number of aryl methyl sites for hydroxylation is 2. The van der Waals surface area contributed by atoms with Crippen LogP contribution in [0, 0.1) is 13.8 Å². The number of anilines is 1. The molecule has 10 heteroatoms. The molecular weight excluding hydrogens is 504 g/mol. The summed E-state index contributed by atoms with van der Waals surface area (Å²) in [5.74, 6) is -1.78. The van der Waals surface area contributed by atoms with Crippen LogP contribution < -0.4 is 9.64 Å². The molecule has 5 rings (SSSR count). The largest absolute Gasteiger partial charge is 0.505 e. The zero-order valence-electron chi connectivity index (χ0n) is 21.0. The Kier molecular flexibility index (Phi) is 6.41. The Hall–Kier alpha value is -4.57. The Morgan fingerprint density at radius 2 is 1.95 bits per heavy atom. The fourth-order valence-electron chi connectivity index (χ4n) is 4.61. The van der Waals surface area contributed by atoms with Crippen molar-refractivity contribution >= 4 is 45.3 Å². The summed E-state index contributed by atoms with van der Waals surface area (Å²) in [6.45, 7) is 8.74. The Labute approximate surface area is 222 Å². The highest BCUT2D eigenvalue weighted by atomic mass is 32.1. The third-order valence-electron chi connectivity index (χ3n) is 6.23. The first-order chi connectivity index (χ1) is 18.2. The predicted octanol–water partition coefficient (Wildman–Crippen LogP) is 4.80. The number of pyridine rings is 1. The number of carbonyl (C=O) groups is 3. The Morgan fingerprint density at radius 1 is 1.16 bits per heavy atom. The summed E-state index contributed by atoms with van der Waals surface area (Å²) in [5, 5.41) is 11.8. The number of aromatic nitrogens is 3. The molecule has 1 unspecified atom stereocenters. The number of benzene rings is 1. The van der Waals surface area contributed by atoms with E-state index in [-0.39, 0.29) is 28.9 Å². The number of hydrogen-bond donors (Lipinski definition) is 1. The SMILES string of the molecule is C=CCOc1cccc(C2C(=C(O)c3c(C)nc4ccccn34)C(=O)C(=O)N2c2nc(C)c(C(C)=O)s2)c1. The molecule has 192 valence electrons. The quantitative estimate of drug-likeness (QED) is 0.120. The molecule has 1 aromatic carbocycles. The van der Waals surface area contributed by atoms with Gasteiger partial charge in [0.25, 0.3) is 5.78 Å². The zero-order valence-corrected chi connectivity index (χ0v) is 21.8. The molecule has 38 heavy (non-hydrogen) atoms. The molecule has 0 bridgehead atoms. The number of amides is 1. The summed E-state index contributed by atoms with van der Waals surface area (Å²) in [5.41, 5.74) is 2.25. The minimum Gasteiger partial charge on any atom is -0.505 e. The zero-order chi connectivity index (χ0) is 27.1. The van der Waals surface area contributed by atoms with Crippen molar-refractivity contribution in [2.75, 3.05) is 11.5 Å². The van der Waals surface area contributed by atoms with Crippen LogP contribution >= 0.6 is 11.3 Å². The number of carbonyl (C=O) groups excluding carboxylic acids is 3. The minimum absolute atomic E-state index is 0.109. The molecule has 9 nitrogen and oxygen atoms in total. The van der Waals surface area contributed by atoms with Crippen molar-refractivity contribution in [1.29, 1.82) is 0 Å². The molecular formula is C28H24N4O5S. The van der Waals surface area contributed by atoms with Crippen molar-refractivity contribution < 1.29 is 24.2 Å². The maximum absolute atomic E-state index is 13.6. The van der Waals surface area contributed by atoms with E-state index >= 15 is 0 Å². The van der Waals surface area contributed by atoms with E-state index in [0.717, 1.165) is 11.3 Å². The summed E-state index contributed by atoms with van der Waals surface area (Å²) >= 11 is 1.03. The first-order valence-corrected chi connectivity index (χ1v) is 12.6. The van der Waals surface area contributed by atoms with Crippen LogP contribution in [0.3, 0.4) is 0 Å². The molecule has 1 fully saturated rings. The lowest BCUT2D eigenvalue weighted by Gasteiger charge is -2.23. The highest BCUT2D eigenvalue weighted by Crippen LogP contribution is 2.44. The van der Waals surface area contributed by atoms with Crippen LogP contribution in [0.15, 0.2) is 66.9 Å². The maximum Gasteiger partial charge on any atom is 0.301 e. The van der Waals surface area contributed by atoms with E-state index in [0.29, 0.717) is 38.9 Å². The molecule has 4 heterocycles. The molecule has 3 aromatic heterocycles. The second-order valence-electron chi connectivity index (χ2n) is 8.78. The highest BCUT2D eigenvalue weighted by Gasteiger charge is 2.49. The highest BCUT2D eigenvalue weighted by molar-refractivity contribution is 7.18. The van der Waals surface area contributed by atoms with Crippen molar-refractivity contribution in [3.63, 3.8) is 0 Å². The first-order valence-electron chi connectivity index (χ1n) is 11.8. The lowest BCUT2D eigenvalue weighted by molar-refractivity contribution is -0.132. The van der Waals surface area contributed by atoms with Gasteiger partial charge in [-0.25, -0.2) is 9.97 Å². The van der Waals surface area contributed by atoms with Crippen molar-refractivity contribution in [2.45, 2.75) is 26.8 Å². The van der Waals surface area contributed by atoms with Gasteiger partial charge in [0.1, 0.15) is 23.7 Å². The topological polar surface area (TPSA) is 114 Å². The molecule has 1 saturated heterocycles.